The molecule has 88 valence electrons. The molecule has 2 aromatic carbocycles. The molecule has 0 spiro atoms. The number of hydrogen-bond acceptors (Lipinski definition) is 1. The summed E-state index contributed by atoms with van der Waals surface area (Å²) in [7, 11) is 0. The van der Waals surface area contributed by atoms with Gasteiger partial charge in [0.15, 0.2) is 11.6 Å². The average molecular weight is 233 g/mol. The van der Waals surface area contributed by atoms with Crippen LogP contribution in [0.3, 0.4) is 0 Å². The number of halogens is 2. The maximum absolute atomic E-state index is 13.7. The van der Waals surface area contributed by atoms with Crippen LogP contribution in [0.15, 0.2) is 36.4 Å². The predicted octanol–water partition coefficient (Wildman–Crippen LogP) is 3.40. The third kappa shape index (κ3) is 2.19. The van der Waals surface area contributed by atoms with Crippen molar-refractivity contribution in [3.8, 4) is 11.1 Å². The van der Waals surface area contributed by atoms with Crippen LogP contribution in [0, 0.1) is 18.6 Å². The Morgan fingerprint density at radius 3 is 2.53 bits per heavy atom. The Kier molecular flexibility index (Phi) is 3.20. The van der Waals surface area contributed by atoms with Crippen LogP contribution in [0.25, 0.3) is 11.1 Å². The van der Waals surface area contributed by atoms with Crippen molar-refractivity contribution in [2.45, 2.75) is 13.5 Å². The molecule has 0 unspecified atom stereocenters. The summed E-state index contributed by atoms with van der Waals surface area (Å²) in [5, 5.41) is 0. The van der Waals surface area contributed by atoms with Gasteiger partial charge >= 0.3 is 0 Å². The molecule has 2 N–H and O–H groups in total. The van der Waals surface area contributed by atoms with Crippen molar-refractivity contribution in [2.24, 2.45) is 5.73 Å². The third-order valence-corrected chi connectivity index (χ3v) is 2.73. The highest BCUT2D eigenvalue weighted by Gasteiger charge is 2.12. The van der Waals surface area contributed by atoms with E-state index in [0.29, 0.717) is 12.1 Å². The molecule has 0 atom stereocenters. The van der Waals surface area contributed by atoms with Gasteiger partial charge in [-0.25, -0.2) is 8.78 Å². The zero-order valence-corrected chi connectivity index (χ0v) is 9.50. The van der Waals surface area contributed by atoms with E-state index in [2.05, 4.69) is 0 Å². The fraction of sp³-hybridized carbons (Fsp3) is 0.143. The molecule has 0 saturated carbocycles. The first-order valence-corrected chi connectivity index (χ1v) is 5.37. The van der Waals surface area contributed by atoms with Crippen molar-refractivity contribution in [2.75, 3.05) is 0 Å². The summed E-state index contributed by atoms with van der Waals surface area (Å²) in [6.45, 7) is 2.20. The third-order valence-electron chi connectivity index (χ3n) is 2.73. The molecule has 0 saturated heterocycles. The van der Waals surface area contributed by atoms with Gasteiger partial charge < -0.3 is 5.73 Å². The Morgan fingerprint density at radius 2 is 1.82 bits per heavy atom. The van der Waals surface area contributed by atoms with Crippen LogP contribution in [-0.4, -0.2) is 0 Å². The molecule has 0 amide bonds. The zero-order valence-electron chi connectivity index (χ0n) is 9.50. The average Bonchev–Trinajstić information content (AvgIpc) is 2.33. The Balaban J connectivity index is 2.67. The lowest BCUT2D eigenvalue weighted by Crippen LogP contribution is -2.01. The lowest BCUT2D eigenvalue weighted by molar-refractivity contribution is 0.511. The summed E-state index contributed by atoms with van der Waals surface area (Å²) in [5.41, 5.74) is 8.32. The second-order valence-corrected chi connectivity index (χ2v) is 3.97. The lowest BCUT2D eigenvalue weighted by atomic mass is 9.97. The molecular formula is C14H13F2N. The first kappa shape index (κ1) is 11.7. The minimum Gasteiger partial charge on any atom is -0.326 e. The summed E-state index contributed by atoms with van der Waals surface area (Å²) in [6, 6.07) is 9.73. The molecule has 0 aromatic heterocycles. The smallest absolute Gasteiger partial charge is 0.166 e. The van der Waals surface area contributed by atoms with Crippen LogP contribution >= 0.6 is 0 Å². The van der Waals surface area contributed by atoms with Crippen LogP contribution in [0.1, 0.15) is 11.1 Å². The SMILES string of the molecule is Cc1ccc(CN)c(-c2cccc(F)c2F)c1. The zero-order chi connectivity index (χ0) is 12.4. The first-order chi connectivity index (χ1) is 8.13. The summed E-state index contributed by atoms with van der Waals surface area (Å²) in [5.74, 6) is -1.67. The molecule has 2 aromatic rings. The van der Waals surface area contributed by atoms with Crippen LogP contribution in [-0.2, 0) is 6.54 Å². The highest BCUT2D eigenvalue weighted by atomic mass is 19.2. The van der Waals surface area contributed by atoms with Gasteiger partial charge in [0, 0.05) is 12.1 Å². The Morgan fingerprint density at radius 1 is 1.06 bits per heavy atom. The van der Waals surface area contributed by atoms with Gasteiger partial charge in [-0.1, -0.05) is 35.9 Å². The van der Waals surface area contributed by atoms with Crippen molar-refractivity contribution in [3.63, 3.8) is 0 Å². The molecule has 2 rings (SSSR count). The maximum Gasteiger partial charge on any atom is 0.166 e. The Labute approximate surface area is 98.9 Å². The Bertz CT molecular complexity index is 550. The van der Waals surface area contributed by atoms with Gasteiger partial charge in [-0.2, -0.15) is 0 Å². The van der Waals surface area contributed by atoms with Gasteiger partial charge in [0.05, 0.1) is 0 Å². The number of aryl methyl sites for hydroxylation is 1. The topological polar surface area (TPSA) is 26.0 Å². The first-order valence-electron chi connectivity index (χ1n) is 5.37. The highest BCUT2D eigenvalue weighted by molar-refractivity contribution is 5.68. The number of rotatable bonds is 2. The molecule has 17 heavy (non-hydrogen) atoms. The van der Waals surface area contributed by atoms with E-state index in [1.165, 1.54) is 6.07 Å². The molecule has 0 bridgehead atoms. The number of benzene rings is 2. The maximum atomic E-state index is 13.7. The minimum atomic E-state index is -0.841. The standard InChI is InChI=1S/C14H13F2N/c1-9-5-6-10(8-17)12(7-9)11-3-2-4-13(15)14(11)16/h2-7H,8,17H2,1H3. The predicted molar refractivity (Wildman–Crippen MR) is 64.4 cm³/mol. The van der Waals surface area contributed by atoms with E-state index in [1.807, 2.05) is 25.1 Å². The van der Waals surface area contributed by atoms with E-state index in [1.54, 1.807) is 6.07 Å². The summed E-state index contributed by atoms with van der Waals surface area (Å²) < 4.78 is 26.9. The molecule has 0 heterocycles. The van der Waals surface area contributed by atoms with E-state index in [0.717, 1.165) is 17.2 Å². The summed E-state index contributed by atoms with van der Waals surface area (Å²) in [4.78, 5) is 0. The quantitative estimate of drug-likeness (QED) is 0.845. The van der Waals surface area contributed by atoms with Crippen molar-refractivity contribution < 1.29 is 8.78 Å². The summed E-state index contributed by atoms with van der Waals surface area (Å²) >= 11 is 0. The van der Waals surface area contributed by atoms with Crippen LogP contribution in [0.5, 0.6) is 0 Å². The van der Waals surface area contributed by atoms with Crippen LogP contribution < -0.4 is 5.73 Å². The van der Waals surface area contributed by atoms with E-state index >= 15 is 0 Å². The van der Waals surface area contributed by atoms with Gasteiger partial charge in [-0.15, -0.1) is 0 Å². The number of nitrogens with two attached hydrogens (primary N) is 1. The van der Waals surface area contributed by atoms with Gasteiger partial charge in [-0.05, 0) is 24.1 Å². The normalized spacial score (nSPS) is 10.6. The van der Waals surface area contributed by atoms with Gasteiger partial charge in [0.1, 0.15) is 0 Å². The minimum absolute atomic E-state index is 0.258. The molecule has 0 radical (unpaired) electrons. The molecule has 0 aliphatic heterocycles. The van der Waals surface area contributed by atoms with Crippen LogP contribution in [0.2, 0.25) is 0 Å². The fourth-order valence-corrected chi connectivity index (χ4v) is 1.83. The van der Waals surface area contributed by atoms with Crippen molar-refractivity contribution in [1.29, 1.82) is 0 Å². The monoisotopic (exact) mass is 233 g/mol. The largest absolute Gasteiger partial charge is 0.326 e. The second kappa shape index (κ2) is 4.63. The van der Waals surface area contributed by atoms with Gasteiger partial charge in [0.25, 0.3) is 0 Å². The van der Waals surface area contributed by atoms with E-state index in [-0.39, 0.29) is 5.56 Å². The van der Waals surface area contributed by atoms with Crippen molar-refractivity contribution >= 4 is 0 Å². The molecule has 0 aliphatic carbocycles. The van der Waals surface area contributed by atoms with E-state index in [4.69, 9.17) is 5.73 Å². The second-order valence-electron chi connectivity index (χ2n) is 3.97. The molecule has 1 nitrogen and oxygen atoms in total. The summed E-state index contributed by atoms with van der Waals surface area (Å²) in [6.07, 6.45) is 0. The van der Waals surface area contributed by atoms with E-state index in [9.17, 15) is 8.78 Å². The van der Waals surface area contributed by atoms with Crippen molar-refractivity contribution in [3.05, 3.63) is 59.2 Å². The van der Waals surface area contributed by atoms with Crippen LogP contribution in [0.4, 0.5) is 8.78 Å². The fourth-order valence-electron chi connectivity index (χ4n) is 1.83. The van der Waals surface area contributed by atoms with Gasteiger partial charge in [0.2, 0.25) is 0 Å². The Hall–Kier alpha value is -1.74. The van der Waals surface area contributed by atoms with E-state index < -0.39 is 11.6 Å². The molecular weight excluding hydrogens is 220 g/mol. The highest BCUT2D eigenvalue weighted by Crippen LogP contribution is 2.28. The molecule has 0 fully saturated rings. The van der Waals surface area contributed by atoms with Crippen molar-refractivity contribution in [1.82, 2.24) is 0 Å². The molecule has 0 aliphatic rings. The number of hydrogen-bond donors (Lipinski definition) is 1. The molecule has 3 heteroatoms. The van der Waals surface area contributed by atoms with Gasteiger partial charge in [-0.3, -0.25) is 0 Å². The lowest BCUT2D eigenvalue weighted by Gasteiger charge is -2.10.